The van der Waals surface area contributed by atoms with E-state index in [4.69, 9.17) is 9.47 Å². The van der Waals surface area contributed by atoms with Crippen molar-refractivity contribution in [2.24, 2.45) is 5.92 Å². The Bertz CT molecular complexity index is 996. The highest BCUT2D eigenvalue weighted by Gasteiger charge is 2.29. The fraction of sp³-hybridized carbons (Fsp3) is 0.571. The normalized spacial score (nSPS) is 25.0. The van der Waals surface area contributed by atoms with Crippen LogP contribution in [0.3, 0.4) is 0 Å². The van der Waals surface area contributed by atoms with Crippen LogP contribution in [0.5, 0.6) is 5.75 Å². The summed E-state index contributed by atoms with van der Waals surface area (Å²) in [6.45, 7) is 2.45. The number of ether oxygens (including phenoxy) is 2. The van der Waals surface area contributed by atoms with Crippen molar-refractivity contribution in [1.29, 1.82) is 0 Å². The van der Waals surface area contributed by atoms with Crippen molar-refractivity contribution in [1.82, 2.24) is 0 Å². The molecule has 0 bridgehead atoms. The van der Waals surface area contributed by atoms with Gasteiger partial charge in [-0.05, 0) is 99.3 Å². The zero-order valence-corrected chi connectivity index (χ0v) is 20.2. The second-order valence-corrected chi connectivity index (χ2v) is 9.89. The standard InChI is InChI=1S/C28H34F4O3/c1-2-34-16-20-9-14-24(28(32)25(20)29)35-15-17-3-5-18(6-4-17)22-12-13-23(27(31)26(22)30)19-7-10-21(33)11-8-19/h9,12-14,17-19,21,33H,2-8,10-11,15-16H2,1H3. The van der Waals surface area contributed by atoms with Crippen LogP contribution in [0.2, 0.25) is 0 Å². The topological polar surface area (TPSA) is 38.7 Å². The van der Waals surface area contributed by atoms with E-state index in [1.807, 2.05) is 0 Å². The lowest BCUT2D eigenvalue weighted by Crippen LogP contribution is -2.21. The molecule has 0 heterocycles. The van der Waals surface area contributed by atoms with Crippen LogP contribution in [0.25, 0.3) is 0 Å². The fourth-order valence-corrected chi connectivity index (χ4v) is 5.45. The molecule has 0 unspecified atom stereocenters. The summed E-state index contributed by atoms with van der Waals surface area (Å²) in [5, 5.41) is 9.68. The molecule has 4 rings (SSSR count). The number of rotatable bonds is 8. The van der Waals surface area contributed by atoms with E-state index in [9.17, 15) is 18.3 Å². The van der Waals surface area contributed by atoms with Gasteiger partial charge in [0.15, 0.2) is 23.2 Å². The van der Waals surface area contributed by atoms with Gasteiger partial charge >= 0.3 is 0 Å². The average molecular weight is 495 g/mol. The second-order valence-electron chi connectivity index (χ2n) is 9.89. The zero-order valence-electron chi connectivity index (χ0n) is 20.2. The SMILES string of the molecule is CCOCc1ccc(OCC2CCC(c3ccc(C4CCC(O)CC4)c(F)c3F)CC2)c(F)c1F. The van der Waals surface area contributed by atoms with Crippen LogP contribution in [0, 0.1) is 29.2 Å². The lowest BCUT2D eigenvalue weighted by molar-refractivity contribution is 0.122. The highest BCUT2D eigenvalue weighted by Crippen LogP contribution is 2.40. The van der Waals surface area contributed by atoms with Crippen LogP contribution >= 0.6 is 0 Å². The second kappa shape index (κ2) is 11.7. The van der Waals surface area contributed by atoms with E-state index < -0.39 is 23.3 Å². The highest BCUT2D eigenvalue weighted by atomic mass is 19.2. The van der Waals surface area contributed by atoms with Crippen LogP contribution < -0.4 is 4.74 Å². The third-order valence-electron chi connectivity index (χ3n) is 7.63. The number of hydrogen-bond acceptors (Lipinski definition) is 3. The molecule has 0 aromatic heterocycles. The molecule has 0 saturated heterocycles. The first-order valence-corrected chi connectivity index (χ1v) is 12.7. The van der Waals surface area contributed by atoms with E-state index in [1.165, 1.54) is 12.1 Å². The number of aliphatic hydroxyl groups is 1. The Balaban J connectivity index is 1.32. The Morgan fingerprint density at radius 2 is 1.31 bits per heavy atom. The summed E-state index contributed by atoms with van der Waals surface area (Å²) in [6.07, 6.45) is 5.08. The third-order valence-corrected chi connectivity index (χ3v) is 7.63. The number of aliphatic hydroxyl groups excluding tert-OH is 1. The molecule has 0 atom stereocenters. The van der Waals surface area contributed by atoms with Crippen LogP contribution in [0.1, 0.15) is 86.8 Å². The summed E-state index contributed by atoms with van der Waals surface area (Å²) in [5.41, 5.74) is 0.986. The van der Waals surface area contributed by atoms with Crippen molar-refractivity contribution in [3.8, 4) is 5.75 Å². The minimum atomic E-state index is -1.01. The minimum absolute atomic E-state index is 0.00542. The summed E-state index contributed by atoms with van der Waals surface area (Å²) >= 11 is 0. The molecule has 2 fully saturated rings. The van der Waals surface area contributed by atoms with Gasteiger partial charge in [-0.3, -0.25) is 0 Å². The van der Waals surface area contributed by atoms with Gasteiger partial charge in [0, 0.05) is 12.2 Å². The van der Waals surface area contributed by atoms with Gasteiger partial charge in [0.1, 0.15) is 0 Å². The van der Waals surface area contributed by atoms with E-state index in [2.05, 4.69) is 0 Å². The number of halogens is 4. The Labute approximate surface area is 204 Å². The van der Waals surface area contributed by atoms with Crippen molar-refractivity contribution in [2.45, 2.75) is 82.8 Å². The van der Waals surface area contributed by atoms with E-state index in [1.54, 1.807) is 19.1 Å². The maximum absolute atomic E-state index is 15.0. The first-order valence-electron chi connectivity index (χ1n) is 12.7. The monoisotopic (exact) mass is 494 g/mol. The molecule has 0 radical (unpaired) electrons. The quantitative estimate of drug-likeness (QED) is 0.396. The predicted molar refractivity (Wildman–Crippen MR) is 125 cm³/mol. The van der Waals surface area contributed by atoms with Crippen molar-refractivity contribution in [3.05, 3.63) is 64.2 Å². The fourth-order valence-electron chi connectivity index (χ4n) is 5.45. The molecule has 192 valence electrons. The zero-order chi connectivity index (χ0) is 24.9. The van der Waals surface area contributed by atoms with Gasteiger partial charge in [0.25, 0.3) is 0 Å². The Kier molecular flexibility index (Phi) is 8.71. The summed E-state index contributed by atoms with van der Waals surface area (Å²) in [7, 11) is 0. The summed E-state index contributed by atoms with van der Waals surface area (Å²) < 4.78 is 69.2. The van der Waals surface area contributed by atoms with Gasteiger partial charge in [-0.2, -0.15) is 4.39 Å². The molecular formula is C28H34F4O3. The lowest BCUT2D eigenvalue weighted by atomic mass is 9.77. The summed E-state index contributed by atoms with van der Waals surface area (Å²) in [6, 6.07) is 6.34. The minimum Gasteiger partial charge on any atom is -0.490 e. The molecule has 0 aliphatic heterocycles. The Hall–Kier alpha value is -2.12. The van der Waals surface area contributed by atoms with Gasteiger partial charge in [0.05, 0.1) is 19.3 Å². The largest absolute Gasteiger partial charge is 0.490 e. The molecule has 1 N–H and O–H groups in total. The van der Waals surface area contributed by atoms with Gasteiger partial charge < -0.3 is 14.6 Å². The molecule has 3 nitrogen and oxygen atoms in total. The maximum Gasteiger partial charge on any atom is 0.200 e. The summed E-state index contributed by atoms with van der Waals surface area (Å²) in [4.78, 5) is 0. The predicted octanol–water partition coefficient (Wildman–Crippen LogP) is 7.15. The Morgan fingerprint density at radius 1 is 0.743 bits per heavy atom. The van der Waals surface area contributed by atoms with Crippen LogP contribution in [-0.4, -0.2) is 24.4 Å². The molecular weight excluding hydrogens is 460 g/mol. The molecule has 2 aromatic rings. The van der Waals surface area contributed by atoms with Crippen molar-refractivity contribution in [2.75, 3.05) is 13.2 Å². The van der Waals surface area contributed by atoms with Crippen LogP contribution in [0.15, 0.2) is 24.3 Å². The number of hydrogen-bond donors (Lipinski definition) is 1. The van der Waals surface area contributed by atoms with E-state index in [-0.39, 0.29) is 48.4 Å². The Morgan fingerprint density at radius 3 is 1.89 bits per heavy atom. The lowest BCUT2D eigenvalue weighted by Gasteiger charge is -2.30. The molecule has 0 spiro atoms. The van der Waals surface area contributed by atoms with Crippen LogP contribution in [0.4, 0.5) is 17.6 Å². The van der Waals surface area contributed by atoms with E-state index in [0.717, 1.165) is 12.8 Å². The first-order chi connectivity index (χ1) is 16.9. The van der Waals surface area contributed by atoms with Gasteiger partial charge in [0.2, 0.25) is 5.82 Å². The van der Waals surface area contributed by atoms with Crippen molar-refractivity contribution in [3.63, 3.8) is 0 Å². The first kappa shape index (κ1) is 26.0. The van der Waals surface area contributed by atoms with Gasteiger partial charge in [-0.15, -0.1) is 0 Å². The summed E-state index contributed by atoms with van der Waals surface area (Å²) in [5.74, 6) is -3.58. The average Bonchev–Trinajstić information content (AvgIpc) is 2.87. The van der Waals surface area contributed by atoms with Gasteiger partial charge in [-0.1, -0.05) is 12.1 Å². The van der Waals surface area contributed by atoms with E-state index >= 15 is 4.39 Å². The molecule has 7 heteroatoms. The molecule has 2 aliphatic carbocycles. The molecule has 35 heavy (non-hydrogen) atoms. The molecule has 2 aliphatic rings. The molecule has 2 aromatic carbocycles. The van der Waals surface area contributed by atoms with Crippen LogP contribution in [-0.2, 0) is 11.3 Å². The molecule has 2 saturated carbocycles. The highest BCUT2D eigenvalue weighted by molar-refractivity contribution is 5.32. The van der Waals surface area contributed by atoms with Crippen molar-refractivity contribution >= 4 is 0 Å². The van der Waals surface area contributed by atoms with E-state index in [0.29, 0.717) is 56.3 Å². The maximum atomic E-state index is 15.0. The third kappa shape index (κ3) is 6.00. The van der Waals surface area contributed by atoms with Gasteiger partial charge in [-0.25, -0.2) is 13.2 Å². The molecule has 0 amide bonds. The number of benzene rings is 2. The van der Waals surface area contributed by atoms with Crippen molar-refractivity contribution < 1.29 is 32.1 Å². The smallest absolute Gasteiger partial charge is 0.200 e.